The van der Waals surface area contributed by atoms with E-state index in [1.807, 2.05) is 0 Å². The molecule has 0 saturated carbocycles. The molecule has 1 rings (SSSR count). The first-order valence-electron chi connectivity index (χ1n) is 3.43. The van der Waals surface area contributed by atoms with Gasteiger partial charge in [-0.25, -0.2) is 4.39 Å². The normalized spacial score (nSPS) is 9.50. The predicted octanol–water partition coefficient (Wildman–Crippen LogP) is 3.87. The van der Waals surface area contributed by atoms with Crippen LogP contribution in [0.5, 0.6) is 0 Å². The predicted molar refractivity (Wildman–Crippen MR) is 54.3 cm³/mol. The van der Waals surface area contributed by atoms with Crippen LogP contribution in [-0.4, -0.2) is 0 Å². The highest BCUT2D eigenvalue weighted by atomic mass is 79.9. The zero-order valence-corrected chi connectivity index (χ0v) is 8.07. The SMILES string of the molecule is C=Cc1cc(F)cc(Br)c1C=C. The van der Waals surface area contributed by atoms with Gasteiger partial charge < -0.3 is 0 Å². The minimum Gasteiger partial charge on any atom is -0.207 e. The van der Waals surface area contributed by atoms with Crippen molar-refractivity contribution in [3.8, 4) is 0 Å². The monoisotopic (exact) mass is 226 g/mol. The molecule has 0 bridgehead atoms. The number of benzene rings is 1. The van der Waals surface area contributed by atoms with Crippen LogP contribution in [0, 0.1) is 5.82 Å². The van der Waals surface area contributed by atoms with E-state index in [2.05, 4.69) is 29.1 Å². The Balaban J connectivity index is 3.43. The zero-order valence-electron chi connectivity index (χ0n) is 6.48. The Hall–Kier alpha value is -0.890. The molecule has 2 heteroatoms. The van der Waals surface area contributed by atoms with Crippen molar-refractivity contribution in [1.82, 2.24) is 0 Å². The standard InChI is InChI=1S/C10H8BrF/c1-3-7-5-8(12)6-10(11)9(7)4-2/h3-6H,1-2H2. The molecule has 0 heterocycles. The van der Waals surface area contributed by atoms with E-state index in [0.29, 0.717) is 4.47 Å². The van der Waals surface area contributed by atoms with E-state index < -0.39 is 0 Å². The van der Waals surface area contributed by atoms with Crippen LogP contribution in [0.15, 0.2) is 29.8 Å². The van der Waals surface area contributed by atoms with Crippen LogP contribution < -0.4 is 0 Å². The Morgan fingerprint density at radius 2 is 1.92 bits per heavy atom. The minimum atomic E-state index is -0.276. The summed E-state index contributed by atoms with van der Waals surface area (Å²) in [6, 6.07) is 2.83. The average molecular weight is 227 g/mol. The molecule has 0 aromatic heterocycles. The molecule has 0 fully saturated rings. The molecule has 0 N–H and O–H groups in total. The molecule has 0 radical (unpaired) electrons. The maximum atomic E-state index is 12.8. The van der Waals surface area contributed by atoms with Crippen LogP contribution in [0.4, 0.5) is 4.39 Å². The van der Waals surface area contributed by atoms with E-state index in [-0.39, 0.29) is 5.82 Å². The van der Waals surface area contributed by atoms with Crippen molar-refractivity contribution in [1.29, 1.82) is 0 Å². The minimum absolute atomic E-state index is 0.276. The van der Waals surface area contributed by atoms with Gasteiger partial charge in [0.05, 0.1) is 0 Å². The highest BCUT2D eigenvalue weighted by molar-refractivity contribution is 9.10. The summed E-state index contributed by atoms with van der Waals surface area (Å²) in [7, 11) is 0. The van der Waals surface area contributed by atoms with Crippen molar-refractivity contribution in [2.45, 2.75) is 0 Å². The van der Waals surface area contributed by atoms with Crippen molar-refractivity contribution in [2.24, 2.45) is 0 Å². The summed E-state index contributed by atoms with van der Waals surface area (Å²) in [6.45, 7) is 7.22. The second-order valence-corrected chi connectivity index (χ2v) is 3.15. The molecule has 62 valence electrons. The molecule has 12 heavy (non-hydrogen) atoms. The van der Waals surface area contributed by atoms with E-state index in [1.54, 1.807) is 12.2 Å². The van der Waals surface area contributed by atoms with Gasteiger partial charge >= 0.3 is 0 Å². The Bertz CT molecular complexity index is 329. The van der Waals surface area contributed by atoms with Crippen molar-refractivity contribution >= 4 is 28.1 Å². The lowest BCUT2D eigenvalue weighted by molar-refractivity contribution is 0.626. The smallest absolute Gasteiger partial charge is 0.124 e. The topological polar surface area (TPSA) is 0 Å². The molecule has 1 aromatic rings. The molecule has 0 amide bonds. The zero-order chi connectivity index (χ0) is 9.14. The lowest BCUT2D eigenvalue weighted by Crippen LogP contribution is -1.85. The summed E-state index contributed by atoms with van der Waals surface area (Å²) in [6.07, 6.45) is 3.27. The molecule has 0 aliphatic rings. The van der Waals surface area contributed by atoms with Crippen LogP contribution in [0.2, 0.25) is 0 Å². The molecule has 0 unspecified atom stereocenters. The van der Waals surface area contributed by atoms with Crippen LogP contribution in [0.25, 0.3) is 12.2 Å². The summed E-state index contributed by atoms with van der Waals surface area (Å²) in [5.41, 5.74) is 1.61. The van der Waals surface area contributed by atoms with Gasteiger partial charge in [0.2, 0.25) is 0 Å². The lowest BCUT2D eigenvalue weighted by Gasteiger charge is -2.03. The van der Waals surface area contributed by atoms with Crippen LogP contribution in [0.1, 0.15) is 11.1 Å². The molecule has 0 nitrogen and oxygen atoms in total. The van der Waals surface area contributed by atoms with E-state index in [9.17, 15) is 4.39 Å². The van der Waals surface area contributed by atoms with Crippen molar-refractivity contribution in [3.63, 3.8) is 0 Å². The highest BCUT2D eigenvalue weighted by Crippen LogP contribution is 2.24. The second-order valence-electron chi connectivity index (χ2n) is 2.30. The van der Waals surface area contributed by atoms with E-state index in [1.165, 1.54) is 12.1 Å². The van der Waals surface area contributed by atoms with Gasteiger partial charge in [0.15, 0.2) is 0 Å². The third-order valence-electron chi connectivity index (χ3n) is 1.55. The molecular weight excluding hydrogens is 219 g/mol. The number of rotatable bonds is 2. The van der Waals surface area contributed by atoms with Crippen LogP contribution in [-0.2, 0) is 0 Å². The van der Waals surface area contributed by atoms with E-state index in [0.717, 1.165) is 11.1 Å². The van der Waals surface area contributed by atoms with Gasteiger partial charge in [0.25, 0.3) is 0 Å². The van der Waals surface area contributed by atoms with Crippen LogP contribution in [0.3, 0.4) is 0 Å². The summed E-state index contributed by atoms with van der Waals surface area (Å²) >= 11 is 3.24. The molecule has 0 saturated heterocycles. The molecular formula is C10H8BrF. The lowest BCUT2D eigenvalue weighted by atomic mass is 10.1. The van der Waals surface area contributed by atoms with Gasteiger partial charge in [-0.15, -0.1) is 0 Å². The van der Waals surface area contributed by atoms with Crippen molar-refractivity contribution in [3.05, 3.63) is 46.7 Å². The van der Waals surface area contributed by atoms with Gasteiger partial charge in [-0.3, -0.25) is 0 Å². The Morgan fingerprint density at radius 3 is 2.42 bits per heavy atom. The quantitative estimate of drug-likeness (QED) is 0.719. The van der Waals surface area contributed by atoms with Crippen molar-refractivity contribution in [2.75, 3.05) is 0 Å². The largest absolute Gasteiger partial charge is 0.207 e. The molecule has 0 spiro atoms. The summed E-state index contributed by atoms with van der Waals surface area (Å²) in [5.74, 6) is -0.276. The van der Waals surface area contributed by atoms with Crippen molar-refractivity contribution < 1.29 is 4.39 Å². The fourth-order valence-corrected chi connectivity index (χ4v) is 1.60. The Kier molecular flexibility index (Phi) is 2.82. The first kappa shape index (κ1) is 9.20. The van der Waals surface area contributed by atoms with Gasteiger partial charge in [0, 0.05) is 4.47 Å². The van der Waals surface area contributed by atoms with Crippen LogP contribution >= 0.6 is 15.9 Å². The molecule has 0 atom stereocenters. The molecule has 0 aliphatic heterocycles. The first-order chi connectivity index (χ1) is 5.69. The van der Waals surface area contributed by atoms with Gasteiger partial charge in [-0.05, 0) is 23.3 Å². The second kappa shape index (κ2) is 3.68. The number of hydrogen-bond acceptors (Lipinski definition) is 0. The van der Waals surface area contributed by atoms with Gasteiger partial charge in [-0.2, -0.15) is 0 Å². The fraction of sp³-hybridized carbons (Fsp3) is 0. The third-order valence-corrected chi connectivity index (χ3v) is 2.21. The summed E-state index contributed by atoms with van der Waals surface area (Å²) < 4.78 is 13.5. The number of halogens is 2. The fourth-order valence-electron chi connectivity index (χ4n) is 0.989. The van der Waals surface area contributed by atoms with Gasteiger partial charge in [-0.1, -0.05) is 41.2 Å². The Morgan fingerprint density at radius 1 is 1.25 bits per heavy atom. The molecule has 0 aliphatic carbocycles. The summed E-state index contributed by atoms with van der Waals surface area (Å²) in [4.78, 5) is 0. The third kappa shape index (κ3) is 1.64. The maximum Gasteiger partial charge on any atom is 0.124 e. The van der Waals surface area contributed by atoms with E-state index in [4.69, 9.17) is 0 Å². The van der Waals surface area contributed by atoms with Gasteiger partial charge in [0.1, 0.15) is 5.82 Å². The highest BCUT2D eigenvalue weighted by Gasteiger charge is 2.03. The Labute approximate surface area is 79.5 Å². The first-order valence-corrected chi connectivity index (χ1v) is 4.22. The van der Waals surface area contributed by atoms with E-state index >= 15 is 0 Å². The average Bonchev–Trinajstić information content (AvgIpc) is 2.03. The number of hydrogen-bond donors (Lipinski definition) is 0. The molecule has 1 aromatic carbocycles. The maximum absolute atomic E-state index is 12.8. The summed E-state index contributed by atoms with van der Waals surface area (Å²) in [5, 5.41) is 0.